The number of rotatable bonds is 8. The van der Waals surface area contributed by atoms with Gasteiger partial charge < -0.3 is 11.1 Å². The van der Waals surface area contributed by atoms with Crippen molar-refractivity contribution in [1.82, 2.24) is 10.2 Å². The van der Waals surface area contributed by atoms with E-state index in [9.17, 15) is 4.79 Å². The number of benzene rings is 1. The molecule has 0 saturated heterocycles. The molecule has 1 aromatic carbocycles. The number of nitrogens with one attached hydrogen (secondary N) is 1. The average Bonchev–Trinajstić information content (AvgIpc) is 2.38. The van der Waals surface area contributed by atoms with Gasteiger partial charge in [0.1, 0.15) is 0 Å². The zero-order valence-electron chi connectivity index (χ0n) is 12.0. The molecule has 1 rings (SSSR count). The first-order chi connectivity index (χ1) is 9.15. The van der Waals surface area contributed by atoms with Crippen molar-refractivity contribution in [2.24, 2.45) is 0 Å². The van der Waals surface area contributed by atoms with Crippen molar-refractivity contribution in [1.29, 1.82) is 0 Å². The van der Waals surface area contributed by atoms with Crippen LogP contribution in [0.15, 0.2) is 24.3 Å². The minimum absolute atomic E-state index is 0.111. The van der Waals surface area contributed by atoms with E-state index in [0.717, 1.165) is 38.2 Å². The third-order valence-electron chi connectivity index (χ3n) is 3.05. The molecule has 0 radical (unpaired) electrons. The zero-order valence-corrected chi connectivity index (χ0v) is 12.0. The molecular weight excluding hydrogens is 238 g/mol. The standard InChI is InChI=1S/C15H25N3O/c1-3-9-18(10-5-8-15(19)17-2)12-13-6-4-7-14(16)11-13/h4,6-7,11H,3,5,8-10,12,16H2,1-2H3,(H,17,19). The molecule has 4 nitrogen and oxygen atoms in total. The van der Waals surface area contributed by atoms with Gasteiger partial charge in [-0.15, -0.1) is 0 Å². The van der Waals surface area contributed by atoms with E-state index in [0.29, 0.717) is 6.42 Å². The number of anilines is 1. The maximum absolute atomic E-state index is 11.2. The molecule has 0 bridgehead atoms. The molecule has 0 aromatic heterocycles. The lowest BCUT2D eigenvalue weighted by Crippen LogP contribution is -2.27. The highest BCUT2D eigenvalue weighted by Crippen LogP contribution is 2.10. The van der Waals surface area contributed by atoms with Crippen molar-refractivity contribution in [3.8, 4) is 0 Å². The van der Waals surface area contributed by atoms with Crippen LogP contribution in [-0.2, 0) is 11.3 Å². The van der Waals surface area contributed by atoms with Crippen molar-refractivity contribution in [3.63, 3.8) is 0 Å². The zero-order chi connectivity index (χ0) is 14.1. The first kappa shape index (κ1) is 15.5. The lowest BCUT2D eigenvalue weighted by atomic mass is 10.1. The quantitative estimate of drug-likeness (QED) is 0.705. The maximum Gasteiger partial charge on any atom is 0.219 e. The molecule has 0 fully saturated rings. The molecule has 0 unspecified atom stereocenters. The molecule has 0 saturated carbocycles. The molecule has 0 aliphatic rings. The Balaban J connectivity index is 2.45. The van der Waals surface area contributed by atoms with Gasteiger partial charge in [0.25, 0.3) is 0 Å². The van der Waals surface area contributed by atoms with Crippen LogP contribution in [0.5, 0.6) is 0 Å². The molecule has 0 aliphatic carbocycles. The third-order valence-corrected chi connectivity index (χ3v) is 3.05. The number of carbonyl (C=O) groups excluding carboxylic acids is 1. The van der Waals surface area contributed by atoms with Gasteiger partial charge in [-0.2, -0.15) is 0 Å². The highest BCUT2D eigenvalue weighted by molar-refractivity contribution is 5.75. The van der Waals surface area contributed by atoms with Crippen LogP contribution in [0.4, 0.5) is 5.69 Å². The monoisotopic (exact) mass is 263 g/mol. The van der Waals surface area contributed by atoms with E-state index < -0.39 is 0 Å². The summed E-state index contributed by atoms with van der Waals surface area (Å²) < 4.78 is 0. The number of nitrogens with two attached hydrogens (primary N) is 1. The highest BCUT2D eigenvalue weighted by Gasteiger charge is 2.06. The Morgan fingerprint density at radius 2 is 2.16 bits per heavy atom. The number of hydrogen-bond acceptors (Lipinski definition) is 3. The number of nitrogen functional groups attached to an aromatic ring is 1. The van der Waals surface area contributed by atoms with Gasteiger partial charge in [0.2, 0.25) is 5.91 Å². The fourth-order valence-electron chi connectivity index (χ4n) is 2.12. The number of nitrogens with zero attached hydrogens (tertiary/aromatic N) is 1. The molecule has 0 heterocycles. The highest BCUT2D eigenvalue weighted by atomic mass is 16.1. The Morgan fingerprint density at radius 3 is 2.79 bits per heavy atom. The maximum atomic E-state index is 11.2. The predicted molar refractivity (Wildman–Crippen MR) is 79.7 cm³/mol. The van der Waals surface area contributed by atoms with Gasteiger partial charge in [0.15, 0.2) is 0 Å². The Labute approximate surface area is 116 Å². The summed E-state index contributed by atoms with van der Waals surface area (Å²) in [6, 6.07) is 8.00. The fraction of sp³-hybridized carbons (Fsp3) is 0.533. The topological polar surface area (TPSA) is 58.4 Å². The smallest absolute Gasteiger partial charge is 0.219 e. The second-order valence-corrected chi connectivity index (χ2v) is 4.80. The van der Waals surface area contributed by atoms with E-state index in [2.05, 4.69) is 23.2 Å². The Bertz CT molecular complexity index is 393. The SMILES string of the molecule is CCCN(CCCC(=O)NC)Cc1cccc(N)c1. The summed E-state index contributed by atoms with van der Waals surface area (Å²) in [7, 11) is 1.68. The van der Waals surface area contributed by atoms with Crippen LogP contribution >= 0.6 is 0 Å². The van der Waals surface area contributed by atoms with Crippen LogP contribution in [0.2, 0.25) is 0 Å². The van der Waals surface area contributed by atoms with E-state index in [-0.39, 0.29) is 5.91 Å². The fourth-order valence-corrected chi connectivity index (χ4v) is 2.12. The van der Waals surface area contributed by atoms with E-state index in [1.807, 2.05) is 18.2 Å². The molecule has 4 heteroatoms. The molecule has 1 amide bonds. The lowest BCUT2D eigenvalue weighted by molar-refractivity contribution is -0.120. The molecule has 19 heavy (non-hydrogen) atoms. The van der Waals surface area contributed by atoms with Gasteiger partial charge in [0, 0.05) is 25.7 Å². The van der Waals surface area contributed by atoms with E-state index in [4.69, 9.17) is 5.73 Å². The largest absolute Gasteiger partial charge is 0.399 e. The molecule has 106 valence electrons. The van der Waals surface area contributed by atoms with Gasteiger partial charge in [-0.1, -0.05) is 19.1 Å². The normalized spacial score (nSPS) is 10.7. The summed E-state index contributed by atoms with van der Waals surface area (Å²) in [4.78, 5) is 13.6. The van der Waals surface area contributed by atoms with E-state index >= 15 is 0 Å². The van der Waals surface area contributed by atoms with Crippen molar-refractivity contribution in [3.05, 3.63) is 29.8 Å². The minimum atomic E-state index is 0.111. The van der Waals surface area contributed by atoms with Crippen molar-refractivity contribution < 1.29 is 4.79 Å². The second kappa shape index (κ2) is 8.53. The second-order valence-electron chi connectivity index (χ2n) is 4.80. The number of hydrogen-bond donors (Lipinski definition) is 2. The first-order valence-electron chi connectivity index (χ1n) is 6.93. The first-order valence-corrected chi connectivity index (χ1v) is 6.93. The van der Waals surface area contributed by atoms with Crippen LogP contribution < -0.4 is 11.1 Å². The summed E-state index contributed by atoms with van der Waals surface area (Å²) >= 11 is 0. The molecule has 0 spiro atoms. The van der Waals surface area contributed by atoms with Crippen LogP contribution in [0, 0.1) is 0 Å². The van der Waals surface area contributed by atoms with E-state index in [1.54, 1.807) is 7.05 Å². The minimum Gasteiger partial charge on any atom is -0.399 e. The number of carbonyl (C=O) groups is 1. The molecule has 0 atom stereocenters. The summed E-state index contributed by atoms with van der Waals surface area (Å²) in [6.45, 7) is 5.05. The van der Waals surface area contributed by atoms with Crippen LogP contribution in [0.3, 0.4) is 0 Å². The molecule has 0 aliphatic heterocycles. The summed E-state index contributed by atoms with van der Waals surface area (Å²) in [6.07, 6.45) is 2.60. The predicted octanol–water partition coefficient (Wildman–Crippen LogP) is 2.01. The average molecular weight is 263 g/mol. The van der Waals surface area contributed by atoms with Crippen LogP contribution in [0.1, 0.15) is 31.7 Å². The van der Waals surface area contributed by atoms with Crippen molar-refractivity contribution in [2.75, 3.05) is 25.9 Å². The summed E-state index contributed by atoms with van der Waals surface area (Å²) in [5.41, 5.74) is 7.83. The summed E-state index contributed by atoms with van der Waals surface area (Å²) in [5, 5.41) is 2.65. The third kappa shape index (κ3) is 6.25. The number of amides is 1. The van der Waals surface area contributed by atoms with Crippen molar-refractivity contribution in [2.45, 2.75) is 32.7 Å². The molecule has 3 N–H and O–H groups in total. The molecular formula is C15H25N3O. The summed E-state index contributed by atoms with van der Waals surface area (Å²) in [5.74, 6) is 0.111. The Kier molecular flexibility index (Phi) is 6.97. The molecule has 1 aromatic rings. The Hall–Kier alpha value is -1.55. The van der Waals surface area contributed by atoms with Gasteiger partial charge in [-0.05, 0) is 43.6 Å². The van der Waals surface area contributed by atoms with Gasteiger partial charge in [0.05, 0.1) is 0 Å². The van der Waals surface area contributed by atoms with Crippen LogP contribution in [0.25, 0.3) is 0 Å². The van der Waals surface area contributed by atoms with Crippen molar-refractivity contribution >= 4 is 11.6 Å². The lowest BCUT2D eigenvalue weighted by Gasteiger charge is -2.21. The van der Waals surface area contributed by atoms with Gasteiger partial charge in [-0.25, -0.2) is 0 Å². The van der Waals surface area contributed by atoms with E-state index in [1.165, 1.54) is 5.56 Å². The van der Waals surface area contributed by atoms with Gasteiger partial charge in [-0.3, -0.25) is 9.69 Å². The van der Waals surface area contributed by atoms with Crippen LogP contribution in [-0.4, -0.2) is 30.9 Å². The van der Waals surface area contributed by atoms with Gasteiger partial charge >= 0.3 is 0 Å². The Morgan fingerprint density at radius 1 is 1.37 bits per heavy atom.